The number of carbonyl (C=O) groups is 2. The molecule has 4 aromatic rings. The van der Waals surface area contributed by atoms with Crippen molar-refractivity contribution < 1.29 is 47.5 Å². The van der Waals surface area contributed by atoms with Gasteiger partial charge < -0.3 is 47.7 Å². The van der Waals surface area contributed by atoms with Gasteiger partial charge in [-0.05, 0) is 153 Å². The van der Waals surface area contributed by atoms with Gasteiger partial charge in [0.1, 0.15) is 43.0 Å². The molecular weight excluding hydrogens is 993 g/mol. The van der Waals surface area contributed by atoms with Crippen LogP contribution in [0.25, 0.3) is 0 Å². The fraction of sp³-hybridized carbons (Fsp3) is 0.612. The highest BCUT2D eigenvalue weighted by atomic mass is 16.6. The lowest BCUT2D eigenvalue weighted by atomic mass is 9.75. The van der Waals surface area contributed by atoms with Gasteiger partial charge in [-0.2, -0.15) is 0 Å². The summed E-state index contributed by atoms with van der Waals surface area (Å²) in [6, 6.07) is 35.1. The zero-order valence-corrected chi connectivity index (χ0v) is 48.7. The molecule has 4 aromatic carbocycles. The van der Waals surface area contributed by atoms with Gasteiger partial charge in [-0.15, -0.1) is 0 Å². The fourth-order valence-corrected chi connectivity index (χ4v) is 13.5. The number of hydrogen-bond acceptors (Lipinski definition) is 10. The summed E-state index contributed by atoms with van der Waals surface area (Å²) in [6.45, 7) is 22.5. The maximum absolute atomic E-state index is 13.4. The summed E-state index contributed by atoms with van der Waals surface area (Å²) in [5, 5.41) is 0. The Balaban J connectivity index is 0.627. The Kier molecular flexibility index (Phi) is 17.7. The standard InChI is InChI=1S/C67H90N2O10/c1-9-66(10-2,52-21-17-48(18-22-52)65(7,8)51-27-35-57(36-28-51)73-41-60-42-74-60)76-44-59-39-69(63(71)79-59)55-31-15-47(16-32-55)37-46-13-29-54(30-14-46)68-38-58(78-62(68)70)40-72-56-33-25-50(26-34-56)64(5,6)49-19-23-53(24-20-49)67(11-3,12-4)77-45-61-43-75-61/h17-28,33-36,46-47,54-55,58-61H,9-16,29-32,37-45H2,1-8H3. The third-order valence-corrected chi connectivity index (χ3v) is 19.5. The van der Waals surface area contributed by atoms with Crippen LogP contribution in [0.2, 0.25) is 0 Å². The smallest absolute Gasteiger partial charge is 0.410 e. The summed E-state index contributed by atoms with van der Waals surface area (Å²) in [7, 11) is 0. The second-order valence-corrected chi connectivity index (χ2v) is 24.9. The topological polar surface area (TPSA) is 121 Å². The molecule has 12 heteroatoms. The first-order valence-electron chi connectivity index (χ1n) is 30.3. The number of carbonyl (C=O) groups excluding carboxylic acids is 2. The average Bonchev–Trinajstić information content (AvgIpc) is 4.44. The second kappa shape index (κ2) is 24.5. The lowest BCUT2D eigenvalue weighted by molar-refractivity contribution is -0.0840. The molecule has 10 rings (SSSR count). The van der Waals surface area contributed by atoms with Gasteiger partial charge in [-0.3, -0.25) is 0 Å². The Labute approximate surface area is 471 Å². The van der Waals surface area contributed by atoms with E-state index in [0.717, 1.165) is 107 Å². The average molecular weight is 1080 g/mol. The highest BCUT2D eigenvalue weighted by Crippen LogP contribution is 2.42. The molecule has 0 radical (unpaired) electrons. The van der Waals surface area contributed by atoms with E-state index < -0.39 is 5.60 Å². The van der Waals surface area contributed by atoms with E-state index in [1.54, 1.807) is 0 Å². The van der Waals surface area contributed by atoms with E-state index in [1.165, 1.54) is 34.2 Å². The van der Waals surface area contributed by atoms with Crippen LogP contribution in [-0.2, 0) is 50.5 Å². The molecule has 4 aliphatic heterocycles. The number of rotatable bonds is 26. The predicted molar refractivity (Wildman–Crippen MR) is 307 cm³/mol. The van der Waals surface area contributed by atoms with Crippen LogP contribution in [0.5, 0.6) is 11.5 Å². The summed E-state index contributed by atoms with van der Waals surface area (Å²) in [5.74, 6) is 2.97. The van der Waals surface area contributed by atoms with Crippen LogP contribution in [0.3, 0.4) is 0 Å². The number of ether oxygens (including phenoxy) is 8. The Morgan fingerprint density at radius 3 is 1.09 bits per heavy atom. The van der Waals surface area contributed by atoms with Crippen LogP contribution in [0.4, 0.5) is 9.59 Å². The van der Waals surface area contributed by atoms with Gasteiger partial charge in [0.15, 0.2) is 6.10 Å². The Morgan fingerprint density at radius 1 is 0.430 bits per heavy atom. The van der Waals surface area contributed by atoms with E-state index >= 15 is 0 Å². The van der Waals surface area contributed by atoms with Crippen molar-refractivity contribution in [3.8, 4) is 11.5 Å². The van der Waals surface area contributed by atoms with E-state index in [1.807, 2.05) is 21.9 Å². The molecule has 2 aliphatic carbocycles. The molecule has 0 bridgehead atoms. The summed E-state index contributed by atoms with van der Waals surface area (Å²) in [5.41, 5.74) is 6.09. The molecule has 2 saturated carbocycles. The summed E-state index contributed by atoms with van der Waals surface area (Å²) in [4.78, 5) is 30.5. The van der Waals surface area contributed by atoms with Crippen molar-refractivity contribution in [1.29, 1.82) is 0 Å². The quantitative estimate of drug-likeness (QED) is 0.0562. The van der Waals surface area contributed by atoms with Crippen LogP contribution in [0, 0.1) is 11.8 Å². The molecule has 6 fully saturated rings. The third kappa shape index (κ3) is 13.1. The highest BCUT2D eigenvalue weighted by molar-refractivity contribution is 5.71. The molecule has 4 saturated heterocycles. The maximum atomic E-state index is 13.4. The number of epoxide rings is 2. The Bertz CT molecular complexity index is 2600. The van der Waals surface area contributed by atoms with Gasteiger partial charge in [-0.25, -0.2) is 9.59 Å². The SMILES string of the molecule is CCC(CC)(OCC1CO1)c1ccc(C(C)(C)c2ccc(OCC3CN(C4CCC(CC5CCC(N6CC(COC(CC)(CC)c7ccc(C(C)(C)c8ccc(OCC9CO9)cc8)cc7)OC6=O)CC5)CC4)C(=O)O3)cc2)cc1. The normalized spacial score (nSPS) is 25.5. The van der Waals surface area contributed by atoms with Crippen molar-refractivity contribution in [1.82, 2.24) is 9.80 Å². The molecule has 12 nitrogen and oxygen atoms in total. The van der Waals surface area contributed by atoms with Crippen molar-refractivity contribution in [3.63, 3.8) is 0 Å². The van der Waals surface area contributed by atoms with E-state index in [0.29, 0.717) is 51.4 Å². The number of nitrogens with zero attached hydrogens (tertiary/aromatic N) is 2. The summed E-state index contributed by atoms with van der Waals surface area (Å²) in [6.07, 6.45) is 12.7. The van der Waals surface area contributed by atoms with Crippen molar-refractivity contribution in [3.05, 3.63) is 130 Å². The van der Waals surface area contributed by atoms with Gasteiger partial charge in [0.2, 0.25) is 0 Å². The molecular formula is C67H90N2O10. The molecule has 4 heterocycles. The number of cyclic esters (lactones) is 2. The number of amides is 2. The molecule has 0 aromatic heterocycles. The van der Waals surface area contributed by atoms with Crippen LogP contribution < -0.4 is 9.47 Å². The van der Waals surface area contributed by atoms with Gasteiger partial charge in [0.25, 0.3) is 0 Å². The first kappa shape index (κ1) is 57.1. The van der Waals surface area contributed by atoms with Crippen LogP contribution in [-0.4, -0.2) is 111 Å². The largest absolute Gasteiger partial charge is 0.491 e. The summed E-state index contributed by atoms with van der Waals surface area (Å²) >= 11 is 0. The van der Waals surface area contributed by atoms with Crippen molar-refractivity contribution >= 4 is 12.2 Å². The maximum Gasteiger partial charge on any atom is 0.410 e. The van der Waals surface area contributed by atoms with E-state index in [9.17, 15) is 9.59 Å². The van der Waals surface area contributed by atoms with E-state index in [4.69, 9.17) is 37.9 Å². The molecule has 0 spiro atoms. The second-order valence-electron chi connectivity index (χ2n) is 24.9. The number of benzene rings is 4. The zero-order chi connectivity index (χ0) is 55.4. The minimum Gasteiger partial charge on any atom is -0.491 e. The van der Waals surface area contributed by atoms with Crippen LogP contribution in [0.15, 0.2) is 97.1 Å². The molecule has 428 valence electrons. The summed E-state index contributed by atoms with van der Waals surface area (Å²) < 4.78 is 48.0. The van der Waals surface area contributed by atoms with Crippen molar-refractivity contribution in [2.24, 2.45) is 11.8 Å². The van der Waals surface area contributed by atoms with Crippen LogP contribution in [0.1, 0.15) is 172 Å². The van der Waals surface area contributed by atoms with Gasteiger partial charge >= 0.3 is 12.2 Å². The lowest BCUT2D eigenvalue weighted by Crippen LogP contribution is -2.41. The Morgan fingerprint density at radius 2 is 0.734 bits per heavy atom. The molecule has 4 unspecified atom stereocenters. The molecule has 0 N–H and O–H groups in total. The molecule has 6 aliphatic rings. The predicted octanol–water partition coefficient (Wildman–Crippen LogP) is 13.8. The zero-order valence-electron chi connectivity index (χ0n) is 48.7. The van der Waals surface area contributed by atoms with Gasteiger partial charge in [-0.1, -0.05) is 128 Å². The monoisotopic (exact) mass is 1080 g/mol. The van der Waals surface area contributed by atoms with E-state index in [-0.39, 0.29) is 65.1 Å². The minimum absolute atomic E-state index is 0.195. The highest BCUT2D eigenvalue weighted by Gasteiger charge is 2.42. The van der Waals surface area contributed by atoms with Gasteiger partial charge in [0, 0.05) is 22.9 Å². The third-order valence-electron chi connectivity index (χ3n) is 19.5. The Hall–Kier alpha value is -5.14. The van der Waals surface area contributed by atoms with Crippen LogP contribution >= 0.6 is 0 Å². The van der Waals surface area contributed by atoms with Crippen molar-refractivity contribution in [2.75, 3.05) is 52.7 Å². The minimum atomic E-state index is -0.470. The van der Waals surface area contributed by atoms with Gasteiger partial charge in [0.05, 0.1) is 50.7 Å². The number of hydrogen-bond donors (Lipinski definition) is 0. The molecule has 2 amide bonds. The lowest BCUT2D eigenvalue weighted by Gasteiger charge is -2.37. The molecule has 4 atom stereocenters. The first-order valence-corrected chi connectivity index (χ1v) is 30.3. The first-order chi connectivity index (χ1) is 38.1. The fourth-order valence-electron chi connectivity index (χ4n) is 13.5. The molecule has 79 heavy (non-hydrogen) atoms. The van der Waals surface area contributed by atoms with E-state index in [2.05, 4.69) is 140 Å². The van der Waals surface area contributed by atoms with Crippen molar-refractivity contribution in [2.45, 2.75) is 197 Å².